The van der Waals surface area contributed by atoms with E-state index in [1.807, 2.05) is 0 Å². The van der Waals surface area contributed by atoms with Crippen LogP contribution in [0.3, 0.4) is 0 Å². The predicted molar refractivity (Wildman–Crippen MR) is 57.5 cm³/mol. The van der Waals surface area contributed by atoms with E-state index >= 15 is 0 Å². The maximum atomic E-state index is 12.7. The van der Waals surface area contributed by atoms with Crippen LogP contribution in [0.4, 0.5) is 13.2 Å². The molecule has 0 aromatic heterocycles. The van der Waals surface area contributed by atoms with E-state index in [1.165, 1.54) is 6.07 Å². The van der Waals surface area contributed by atoms with Crippen LogP contribution in [0.1, 0.15) is 47.9 Å². The molecule has 0 aliphatic heterocycles. The van der Waals surface area contributed by atoms with Gasteiger partial charge >= 0.3 is 6.18 Å². The summed E-state index contributed by atoms with van der Waals surface area (Å²) in [4.78, 5) is 0. The summed E-state index contributed by atoms with van der Waals surface area (Å²) in [5, 5.41) is 0. The Morgan fingerprint density at radius 2 is 1.94 bits per heavy atom. The lowest BCUT2D eigenvalue weighted by molar-refractivity contribution is -0.138. The van der Waals surface area contributed by atoms with Gasteiger partial charge in [-0.3, -0.25) is 0 Å². The van der Waals surface area contributed by atoms with Gasteiger partial charge in [0.05, 0.1) is 5.56 Å². The largest absolute Gasteiger partial charge is 0.416 e. The summed E-state index contributed by atoms with van der Waals surface area (Å²) in [5.74, 6) is 0.393. The van der Waals surface area contributed by atoms with Crippen molar-refractivity contribution in [3.63, 3.8) is 0 Å². The van der Waals surface area contributed by atoms with Gasteiger partial charge < -0.3 is 0 Å². The van der Waals surface area contributed by atoms with Crippen molar-refractivity contribution >= 4 is 0 Å². The summed E-state index contributed by atoms with van der Waals surface area (Å²) in [6.07, 6.45) is -1.37. The van der Waals surface area contributed by atoms with E-state index in [-0.39, 0.29) is 0 Å². The lowest BCUT2D eigenvalue weighted by Gasteiger charge is -2.24. The molecule has 3 heteroatoms. The molecule has 0 saturated heterocycles. The second-order valence-electron chi connectivity index (χ2n) is 4.66. The molecule has 2 rings (SSSR count). The monoisotopic (exact) mass is 228 g/mol. The molecule has 88 valence electrons. The molecule has 1 aromatic rings. The van der Waals surface area contributed by atoms with Gasteiger partial charge in [0.25, 0.3) is 0 Å². The number of hydrogen-bond donors (Lipinski definition) is 0. The standard InChI is InChI=1S/C13H15F3/c1-8-4-3-5-10-7-12(13(14,15)16)9(2)6-11(8)10/h6-8H,3-5H2,1-2H3. The molecule has 0 nitrogen and oxygen atoms in total. The second kappa shape index (κ2) is 3.79. The molecule has 1 aliphatic rings. The predicted octanol–water partition coefficient (Wildman–Crippen LogP) is 4.45. The first kappa shape index (κ1) is 11.5. The van der Waals surface area contributed by atoms with Crippen LogP contribution in [0.5, 0.6) is 0 Å². The number of hydrogen-bond acceptors (Lipinski definition) is 0. The summed E-state index contributed by atoms with van der Waals surface area (Å²) < 4.78 is 38.1. The molecule has 0 N–H and O–H groups in total. The van der Waals surface area contributed by atoms with Gasteiger partial charge in [0.15, 0.2) is 0 Å². The highest BCUT2D eigenvalue weighted by Gasteiger charge is 2.33. The molecule has 0 spiro atoms. The maximum absolute atomic E-state index is 12.7. The third-order valence-electron chi connectivity index (χ3n) is 3.41. The molecule has 0 heterocycles. The molecule has 1 atom stereocenters. The van der Waals surface area contributed by atoms with Crippen molar-refractivity contribution in [2.24, 2.45) is 0 Å². The number of alkyl halides is 3. The summed E-state index contributed by atoms with van der Waals surface area (Å²) in [6, 6.07) is 3.07. The highest BCUT2D eigenvalue weighted by molar-refractivity contribution is 5.42. The van der Waals surface area contributed by atoms with Crippen LogP contribution in [0.15, 0.2) is 12.1 Å². The average molecular weight is 228 g/mol. The summed E-state index contributed by atoms with van der Waals surface area (Å²) in [6.45, 7) is 3.63. The Hall–Kier alpha value is -0.990. The molecule has 1 aromatic carbocycles. The van der Waals surface area contributed by atoms with Crippen molar-refractivity contribution < 1.29 is 13.2 Å². The summed E-state index contributed by atoms with van der Waals surface area (Å²) >= 11 is 0. The second-order valence-corrected chi connectivity index (χ2v) is 4.66. The zero-order valence-electron chi connectivity index (χ0n) is 9.49. The molecule has 0 radical (unpaired) electrons. The van der Waals surface area contributed by atoms with Crippen molar-refractivity contribution in [3.05, 3.63) is 34.4 Å². The normalized spacial score (nSPS) is 20.7. The van der Waals surface area contributed by atoms with Gasteiger partial charge in [-0.1, -0.05) is 13.0 Å². The fourth-order valence-corrected chi connectivity index (χ4v) is 2.51. The molecular formula is C13H15F3. The Balaban J connectivity index is 2.53. The van der Waals surface area contributed by atoms with E-state index in [9.17, 15) is 13.2 Å². The summed E-state index contributed by atoms with van der Waals surface area (Å²) in [5.41, 5.74) is 1.87. The first-order valence-corrected chi connectivity index (χ1v) is 5.60. The van der Waals surface area contributed by atoms with Crippen molar-refractivity contribution in [2.75, 3.05) is 0 Å². The zero-order chi connectivity index (χ0) is 11.9. The lowest BCUT2D eigenvalue weighted by Crippen LogP contribution is -2.13. The molecule has 0 amide bonds. The Kier molecular flexibility index (Phi) is 2.72. The van der Waals surface area contributed by atoms with Gasteiger partial charge in [-0.2, -0.15) is 13.2 Å². The fraction of sp³-hybridized carbons (Fsp3) is 0.538. The van der Waals surface area contributed by atoms with Crippen molar-refractivity contribution in [3.8, 4) is 0 Å². The molecule has 0 saturated carbocycles. The topological polar surface area (TPSA) is 0 Å². The van der Waals surface area contributed by atoms with Crippen LogP contribution in [0.2, 0.25) is 0 Å². The van der Waals surface area contributed by atoms with E-state index in [1.54, 1.807) is 13.0 Å². The third-order valence-corrected chi connectivity index (χ3v) is 3.41. The SMILES string of the molecule is Cc1cc2c(cc1C(F)(F)F)CCCC2C. The number of rotatable bonds is 0. The molecular weight excluding hydrogens is 213 g/mol. The van der Waals surface area contributed by atoms with Crippen LogP contribution in [-0.4, -0.2) is 0 Å². The molecule has 1 unspecified atom stereocenters. The van der Waals surface area contributed by atoms with Crippen LogP contribution in [-0.2, 0) is 12.6 Å². The van der Waals surface area contributed by atoms with E-state index in [2.05, 4.69) is 6.92 Å². The first-order valence-electron chi connectivity index (χ1n) is 5.60. The lowest BCUT2D eigenvalue weighted by atomic mass is 9.82. The van der Waals surface area contributed by atoms with E-state index < -0.39 is 11.7 Å². The van der Waals surface area contributed by atoms with Crippen LogP contribution in [0.25, 0.3) is 0 Å². The quantitative estimate of drug-likeness (QED) is 0.615. The van der Waals surface area contributed by atoms with Crippen LogP contribution >= 0.6 is 0 Å². The first-order chi connectivity index (χ1) is 7.39. The van der Waals surface area contributed by atoms with Gasteiger partial charge in [-0.05, 0) is 54.9 Å². The Bertz CT molecular complexity index is 404. The Labute approximate surface area is 93.5 Å². The summed E-state index contributed by atoms with van der Waals surface area (Å²) in [7, 11) is 0. The smallest absolute Gasteiger partial charge is 0.166 e. The highest BCUT2D eigenvalue weighted by Crippen LogP contribution is 2.38. The molecule has 0 fully saturated rings. The maximum Gasteiger partial charge on any atom is 0.416 e. The van der Waals surface area contributed by atoms with E-state index in [4.69, 9.17) is 0 Å². The third kappa shape index (κ3) is 1.95. The zero-order valence-corrected chi connectivity index (χ0v) is 9.49. The van der Waals surface area contributed by atoms with Gasteiger partial charge in [0.2, 0.25) is 0 Å². The fourth-order valence-electron chi connectivity index (χ4n) is 2.51. The minimum Gasteiger partial charge on any atom is -0.166 e. The van der Waals surface area contributed by atoms with Gasteiger partial charge in [0, 0.05) is 0 Å². The number of fused-ring (bicyclic) bond motifs is 1. The molecule has 16 heavy (non-hydrogen) atoms. The molecule has 0 bridgehead atoms. The Morgan fingerprint density at radius 1 is 1.25 bits per heavy atom. The Morgan fingerprint density at radius 3 is 2.56 bits per heavy atom. The number of aryl methyl sites for hydroxylation is 2. The van der Waals surface area contributed by atoms with Crippen molar-refractivity contribution in [2.45, 2.75) is 45.2 Å². The van der Waals surface area contributed by atoms with Crippen molar-refractivity contribution in [1.82, 2.24) is 0 Å². The van der Waals surface area contributed by atoms with Gasteiger partial charge in [-0.25, -0.2) is 0 Å². The van der Waals surface area contributed by atoms with Crippen LogP contribution < -0.4 is 0 Å². The van der Waals surface area contributed by atoms with E-state index in [0.717, 1.165) is 30.4 Å². The van der Waals surface area contributed by atoms with Gasteiger partial charge in [-0.15, -0.1) is 0 Å². The molecule has 1 aliphatic carbocycles. The minimum absolute atomic E-state index is 0.347. The minimum atomic E-state index is -4.22. The van der Waals surface area contributed by atoms with Crippen LogP contribution in [0, 0.1) is 6.92 Å². The number of halogens is 3. The number of benzene rings is 1. The highest BCUT2D eigenvalue weighted by atomic mass is 19.4. The van der Waals surface area contributed by atoms with Crippen molar-refractivity contribution in [1.29, 1.82) is 0 Å². The van der Waals surface area contributed by atoms with Gasteiger partial charge in [0.1, 0.15) is 0 Å². The van der Waals surface area contributed by atoms with E-state index in [0.29, 0.717) is 11.5 Å². The average Bonchev–Trinajstić information content (AvgIpc) is 2.17.